The third kappa shape index (κ3) is 4.35. The molecule has 1 aliphatic rings. The van der Waals surface area contributed by atoms with E-state index < -0.39 is 5.97 Å². The summed E-state index contributed by atoms with van der Waals surface area (Å²) in [5.41, 5.74) is 0.773. The molecule has 0 aliphatic carbocycles. The molecule has 0 spiro atoms. The Morgan fingerprint density at radius 1 is 1.22 bits per heavy atom. The minimum absolute atomic E-state index is 0.150. The van der Waals surface area contributed by atoms with Crippen LogP contribution in [0.5, 0.6) is 5.75 Å². The first kappa shape index (κ1) is 17.1. The van der Waals surface area contributed by atoms with Crippen LogP contribution in [0.15, 0.2) is 29.2 Å². The smallest absolute Gasteiger partial charge is 0.344 e. The molecule has 0 aromatic heterocycles. The van der Waals surface area contributed by atoms with Crippen LogP contribution in [0.4, 0.5) is 4.79 Å². The van der Waals surface area contributed by atoms with Gasteiger partial charge in [0, 0.05) is 6.54 Å². The molecule has 0 atom stereocenters. The Bertz CT molecular complexity index is 638. The van der Waals surface area contributed by atoms with E-state index in [4.69, 9.17) is 9.47 Å². The summed E-state index contributed by atoms with van der Waals surface area (Å²) >= 11 is 0.931. The molecule has 2 rings (SSSR count). The van der Waals surface area contributed by atoms with Crippen LogP contribution in [-0.4, -0.2) is 41.8 Å². The summed E-state index contributed by atoms with van der Waals surface area (Å²) in [5.74, 6) is -0.174. The van der Waals surface area contributed by atoms with E-state index in [9.17, 15) is 14.4 Å². The number of hydrogen-bond acceptors (Lipinski definition) is 6. The molecule has 1 fully saturated rings. The van der Waals surface area contributed by atoms with Gasteiger partial charge in [-0.25, -0.2) is 4.79 Å². The Balaban J connectivity index is 2.00. The molecule has 0 bridgehead atoms. The molecule has 122 valence electrons. The number of carbonyl (C=O) groups excluding carboxylic acids is 3. The number of imide groups is 1. The normalized spacial score (nSPS) is 16.1. The molecule has 1 aliphatic heterocycles. The van der Waals surface area contributed by atoms with E-state index in [1.165, 1.54) is 4.90 Å². The lowest BCUT2D eigenvalue weighted by molar-refractivity contribution is -0.145. The molecule has 1 saturated heterocycles. The van der Waals surface area contributed by atoms with Gasteiger partial charge in [0.05, 0.1) is 11.5 Å². The zero-order valence-electron chi connectivity index (χ0n) is 12.9. The molecular formula is C16H17NO5S. The highest BCUT2D eigenvalue weighted by atomic mass is 32.2. The third-order valence-corrected chi connectivity index (χ3v) is 3.94. The monoisotopic (exact) mass is 335 g/mol. The number of carbonyl (C=O) groups is 3. The lowest BCUT2D eigenvalue weighted by Gasteiger charge is -2.07. The summed E-state index contributed by atoms with van der Waals surface area (Å²) in [6.45, 7) is 4.01. The second-order valence-corrected chi connectivity index (χ2v) is 5.58. The fourth-order valence-corrected chi connectivity index (χ4v) is 2.83. The fourth-order valence-electron chi connectivity index (χ4n) is 1.93. The van der Waals surface area contributed by atoms with Crippen molar-refractivity contribution in [2.75, 3.05) is 19.8 Å². The van der Waals surface area contributed by atoms with E-state index >= 15 is 0 Å². The second-order valence-electron chi connectivity index (χ2n) is 4.59. The van der Waals surface area contributed by atoms with E-state index in [0.717, 1.165) is 17.3 Å². The van der Waals surface area contributed by atoms with Crippen LogP contribution in [0.1, 0.15) is 19.4 Å². The second kappa shape index (κ2) is 7.82. The zero-order valence-corrected chi connectivity index (χ0v) is 13.7. The number of nitrogens with zero attached hydrogens (tertiary/aromatic N) is 1. The lowest BCUT2D eigenvalue weighted by Crippen LogP contribution is -2.27. The molecule has 6 nitrogen and oxygen atoms in total. The zero-order chi connectivity index (χ0) is 16.8. The Morgan fingerprint density at radius 3 is 2.48 bits per heavy atom. The summed E-state index contributed by atoms with van der Waals surface area (Å²) in [6.07, 6.45) is 1.66. The van der Waals surface area contributed by atoms with Crippen LogP contribution in [0.2, 0.25) is 0 Å². The van der Waals surface area contributed by atoms with Crippen molar-refractivity contribution in [1.29, 1.82) is 0 Å². The molecule has 0 unspecified atom stereocenters. The molecule has 1 aromatic carbocycles. The van der Waals surface area contributed by atoms with Crippen molar-refractivity contribution in [2.45, 2.75) is 13.8 Å². The molecular weight excluding hydrogens is 318 g/mol. The van der Waals surface area contributed by atoms with Gasteiger partial charge in [0.25, 0.3) is 11.1 Å². The van der Waals surface area contributed by atoms with Gasteiger partial charge in [-0.3, -0.25) is 14.5 Å². The molecule has 0 radical (unpaired) electrons. The van der Waals surface area contributed by atoms with Gasteiger partial charge in [-0.1, -0.05) is 12.1 Å². The molecule has 2 amide bonds. The fraction of sp³-hybridized carbons (Fsp3) is 0.312. The molecule has 23 heavy (non-hydrogen) atoms. The minimum atomic E-state index is -0.426. The highest BCUT2D eigenvalue weighted by Crippen LogP contribution is 2.32. The standard InChI is InChI=1S/C16H17NO5S/c1-3-17-15(19)13(23-16(17)20)9-11-5-7-12(8-6-11)22-10-14(18)21-4-2/h5-9H,3-4,10H2,1-2H3/b13-9+. The minimum Gasteiger partial charge on any atom is -0.482 e. The van der Waals surface area contributed by atoms with Crippen molar-refractivity contribution < 1.29 is 23.9 Å². The highest BCUT2D eigenvalue weighted by Gasteiger charge is 2.33. The Labute approximate surface area is 138 Å². The number of amides is 2. The van der Waals surface area contributed by atoms with Gasteiger partial charge in [-0.15, -0.1) is 0 Å². The maximum atomic E-state index is 12.0. The van der Waals surface area contributed by atoms with E-state index in [0.29, 0.717) is 23.8 Å². The SMILES string of the molecule is CCOC(=O)COc1ccc(/C=C2/SC(=O)N(CC)C2=O)cc1. The van der Waals surface area contributed by atoms with Crippen molar-refractivity contribution >= 4 is 35.0 Å². The maximum Gasteiger partial charge on any atom is 0.344 e. The van der Waals surface area contributed by atoms with Gasteiger partial charge >= 0.3 is 5.97 Å². The van der Waals surface area contributed by atoms with Crippen LogP contribution in [0, 0.1) is 0 Å². The average molecular weight is 335 g/mol. The van der Waals surface area contributed by atoms with Crippen molar-refractivity contribution in [3.8, 4) is 5.75 Å². The summed E-state index contributed by atoms with van der Waals surface area (Å²) in [7, 11) is 0. The molecule has 7 heteroatoms. The number of benzene rings is 1. The molecule has 0 saturated carbocycles. The van der Waals surface area contributed by atoms with Gasteiger partial charge < -0.3 is 9.47 Å². The van der Waals surface area contributed by atoms with Crippen LogP contribution < -0.4 is 4.74 Å². The van der Waals surface area contributed by atoms with Gasteiger partial charge in [-0.05, 0) is 49.4 Å². The molecule has 0 N–H and O–H groups in total. The number of ether oxygens (including phenoxy) is 2. The topological polar surface area (TPSA) is 72.9 Å². The summed E-state index contributed by atoms with van der Waals surface area (Å²) in [6, 6.07) is 6.88. The third-order valence-electron chi connectivity index (χ3n) is 3.03. The number of likely N-dealkylation sites (N-methyl/N-ethyl adjacent to an activating group) is 1. The van der Waals surface area contributed by atoms with Crippen molar-refractivity contribution in [3.05, 3.63) is 34.7 Å². The van der Waals surface area contributed by atoms with Crippen LogP contribution >= 0.6 is 11.8 Å². The Morgan fingerprint density at radius 2 is 1.91 bits per heavy atom. The number of hydrogen-bond donors (Lipinski definition) is 0. The first-order valence-corrected chi connectivity index (χ1v) is 8.00. The van der Waals surface area contributed by atoms with Crippen LogP contribution in [0.25, 0.3) is 6.08 Å². The number of rotatable bonds is 6. The number of thioether (sulfide) groups is 1. The van der Waals surface area contributed by atoms with Crippen molar-refractivity contribution in [2.24, 2.45) is 0 Å². The quantitative estimate of drug-likeness (QED) is 0.588. The Hall–Kier alpha value is -2.28. The lowest BCUT2D eigenvalue weighted by atomic mass is 10.2. The summed E-state index contributed by atoms with van der Waals surface area (Å²) in [5, 5.41) is -0.252. The van der Waals surface area contributed by atoms with Gasteiger partial charge in [0.15, 0.2) is 6.61 Å². The van der Waals surface area contributed by atoms with Crippen molar-refractivity contribution in [1.82, 2.24) is 4.90 Å². The number of esters is 1. The largest absolute Gasteiger partial charge is 0.482 e. The van der Waals surface area contributed by atoms with E-state index in [2.05, 4.69) is 0 Å². The predicted octanol–water partition coefficient (Wildman–Crippen LogP) is 2.68. The van der Waals surface area contributed by atoms with Crippen molar-refractivity contribution in [3.63, 3.8) is 0 Å². The van der Waals surface area contributed by atoms with Crippen LogP contribution in [0.3, 0.4) is 0 Å². The van der Waals surface area contributed by atoms with Gasteiger partial charge in [0.2, 0.25) is 0 Å². The molecule has 1 heterocycles. The van der Waals surface area contributed by atoms with Crippen LogP contribution in [-0.2, 0) is 14.3 Å². The highest BCUT2D eigenvalue weighted by molar-refractivity contribution is 8.18. The summed E-state index contributed by atoms with van der Waals surface area (Å²) < 4.78 is 10.1. The first-order valence-electron chi connectivity index (χ1n) is 7.19. The molecule has 1 aromatic rings. The predicted molar refractivity (Wildman–Crippen MR) is 86.9 cm³/mol. The van der Waals surface area contributed by atoms with Gasteiger partial charge in [-0.2, -0.15) is 0 Å². The Kier molecular flexibility index (Phi) is 5.81. The maximum absolute atomic E-state index is 12.0. The van der Waals surface area contributed by atoms with E-state index in [-0.39, 0.29) is 17.8 Å². The van der Waals surface area contributed by atoms with E-state index in [1.807, 2.05) is 0 Å². The van der Waals surface area contributed by atoms with Gasteiger partial charge in [0.1, 0.15) is 5.75 Å². The average Bonchev–Trinajstić information content (AvgIpc) is 2.80. The first-order chi connectivity index (χ1) is 11.0. The van der Waals surface area contributed by atoms with E-state index in [1.54, 1.807) is 44.2 Å². The summed E-state index contributed by atoms with van der Waals surface area (Å²) in [4.78, 5) is 36.4.